The topological polar surface area (TPSA) is 141 Å². The highest BCUT2D eigenvalue weighted by Crippen LogP contribution is 2.15. The zero-order chi connectivity index (χ0) is 21.8. The van der Waals surface area contributed by atoms with Gasteiger partial charge in [-0.3, -0.25) is 9.59 Å². The molecule has 0 aromatic carbocycles. The lowest BCUT2D eigenvalue weighted by Gasteiger charge is -2.18. The minimum absolute atomic E-state index is 0.984. The second-order valence-electron chi connectivity index (χ2n) is 6.92. The second-order valence-corrected chi connectivity index (χ2v) is 6.92. The fourth-order valence-corrected chi connectivity index (χ4v) is 2.43. The number of hydrogen-bond acceptors (Lipinski definition) is 5. The molecular weight excluding hydrogens is 368 g/mol. The molecule has 0 amide bonds. The highest BCUT2D eigenvalue weighted by atomic mass is 16.5. The molecule has 0 aliphatic heterocycles. The molecule has 0 atom stereocenters. The van der Waals surface area contributed by atoms with Crippen LogP contribution in [0.3, 0.4) is 0 Å². The van der Waals surface area contributed by atoms with E-state index in [0.29, 0.717) is 0 Å². The molecule has 0 rings (SSSR count). The van der Waals surface area contributed by atoms with Gasteiger partial charge in [0.2, 0.25) is 0 Å². The molecule has 0 aromatic heterocycles. The van der Waals surface area contributed by atoms with E-state index in [0.717, 1.165) is 13.2 Å². The largest absolute Gasteiger partial charge is 0.481 e. The molecule has 4 N–H and O–H groups in total. The Balaban J connectivity index is 0. The number of carbonyl (C=O) groups is 3. The van der Waals surface area contributed by atoms with Crippen LogP contribution in [0.15, 0.2) is 0 Å². The Labute approximate surface area is 167 Å². The number of aliphatic carboxylic acids is 3. The summed E-state index contributed by atoms with van der Waals surface area (Å²) in [6.07, 6.45) is 11.1. The highest BCUT2D eigenvalue weighted by Gasteiger charge is 2.40. The number of hydrogen-bond donors (Lipinski definition) is 4. The summed E-state index contributed by atoms with van der Waals surface area (Å²) in [6, 6.07) is 0. The van der Waals surface area contributed by atoms with E-state index in [4.69, 9.17) is 25.2 Å². The second kappa shape index (κ2) is 18.7. The fourth-order valence-electron chi connectivity index (χ4n) is 2.43. The molecule has 8 nitrogen and oxygen atoms in total. The van der Waals surface area contributed by atoms with Crippen LogP contribution in [0.5, 0.6) is 0 Å². The number of ether oxygens (including phenoxy) is 1. The van der Waals surface area contributed by atoms with Crippen molar-refractivity contribution in [1.82, 2.24) is 0 Å². The molecule has 8 heteroatoms. The molecule has 0 unspecified atom stereocenters. The van der Waals surface area contributed by atoms with Gasteiger partial charge in [-0.2, -0.15) is 0 Å². The van der Waals surface area contributed by atoms with Gasteiger partial charge in [-0.25, -0.2) is 4.79 Å². The van der Waals surface area contributed by atoms with Crippen molar-refractivity contribution in [2.45, 2.75) is 96.5 Å². The molecule has 0 aromatic rings. The first-order chi connectivity index (χ1) is 13.2. The SMILES string of the molecule is CCCCCCCOCCCCCCC.O=C(O)CC(O)(CC(=O)O)C(=O)O. The van der Waals surface area contributed by atoms with Gasteiger partial charge in [0.05, 0.1) is 12.8 Å². The third kappa shape index (κ3) is 19.1. The summed E-state index contributed by atoms with van der Waals surface area (Å²) in [4.78, 5) is 30.5. The molecular formula is C20H38O8. The minimum Gasteiger partial charge on any atom is -0.481 e. The Bertz CT molecular complexity index is 394. The summed E-state index contributed by atoms with van der Waals surface area (Å²) < 4.78 is 5.59. The van der Waals surface area contributed by atoms with Crippen LogP contribution in [0.25, 0.3) is 0 Å². The van der Waals surface area contributed by atoms with E-state index in [2.05, 4.69) is 13.8 Å². The number of unbranched alkanes of at least 4 members (excludes halogenated alkanes) is 8. The molecule has 0 spiro atoms. The Morgan fingerprint density at radius 1 is 0.679 bits per heavy atom. The average molecular weight is 407 g/mol. The zero-order valence-corrected chi connectivity index (χ0v) is 17.3. The average Bonchev–Trinajstić information content (AvgIpc) is 2.59. The molecule has 0 radical (unpaired) electrons. The van der Waals surface area contributed by atoms with Gasteiger partial charge in [0.25, 0.3) is 0 Å². The van der Waals surface area contributed by atoms with E-state index in [1.165, 1.54) is 64.2 Å². The van der Waals surface area contributed by atoms with Crippen LogP contribution >= 0.6 is 0 Å². The summed E-state index contributed by atoms with van der Waals surface area (Å²) in [7, 11) is 0. The first-order valence-corrected chi connectivity index (χ1v) is 10.2. The molecule has 0 aliphatic rings. The van der Waals surface area contributed by atoms with E-state index in [1.807, 2.05) is 0 Å². The summed E-state index contributed by atoms with van der Waals surface area (Å²) in [6.45, 7) is 6.48. The van der Waals surface area contributed by atoms with Gasteiger partial charge in [-0.15, -0.1) is 0 Å². The summed E-state index contributed by atoms with van der Waals surface area (Å²) in [5.74, 6) is -5.02. The van der Waals surface area contributed by atoms with Crippen LogP contribution in [0, 0.1) is 0 Å². The van der Waals surface area contributed by atoms with Gasteiger partial charge in [-0.1, -0.05) is 65.2 Å². The molecule has 0 bridgehead atoms. The van der Waals surface area contributed by atoms with Crippen molar-refractivity contribution in [3.8, 4) is 0 Å². The van der Waals surface area contributed by atoms with Gasteiger partial charge in [0.1, 0.15) is 0 Å². The summed E-state index contributed by atoms with van der Waals surface area (Å²) >= 11 is 0. The van der Waals surface area contributed by atoms with Crippen LogP contribution in [0.2, 0.25) is 0 Å². The van der Waals surface area contributed by atoms with Crippen molar-refractivity contribution in [1.29, 1.82) is 0 Å². The van der Waals surface area contributed by atoms with E-state index in [1.54, 1.807) is 0 Å². The molecule has 0 aliphatic carbocycles. The van der Waals surface area contributed by atoms with Crippen LogP contribution < -0.4 is 0 Å². The van der Waals surface area contributed by atoms with Crippen molar-refractivity contribution < 1.29 is 39.5 Å². The van der Waals surface area contributed by atoms with Crippen LogP contribution in [-0.2, 0) is 19.1 Å². The number of carboxylic acid groups (broad SMARTS) is 3. The molecule has 28 heavy (non-hydrogen) atoms. The maximum Gasteiger partial charge on any atom is 0.336 e. The number of carboxylic acids is 3. The predicted molar refractivity (Wildman–Crippen MR) is 105 cm³/mol. The smallest absolute Gasteiger partial charge is 0.336 e. The van der Waals surface area contributed by atoms with Gasteiger partial charge < -0.3 is 25.2 Å². The van der Waals surface area contributed by atoms with Crippen molar-refractivity contribution >= 4 is 17.9 Å². The van der Waals surface area contributed by atoms with Gasteiger partial charge in [-0.05, 0) is 12.8 Å². The van der Waals surface area contributed by atoms with Crippen molar-refractivity contribution in [2.75, 3.05) is 13.2 Å². The normalized spacial score (nSPS) is 10.8. The minimum atomic E-state index is -2.74. The standard InChI is InChI=1S/C14H30O.C6H8O7/c1-3-5-7-9-11-13-15-14-12-10-8-6-4-2;7-3(8)1-6(13,5(11)12)2-4(9)10/h3-14H2,1-2H3;13H,1-2H2,(H,7,8)(H,9,10)(H,11,12). The Kier molecular flexibility index (Phi) is 19.0. The van der Waals surface area contributed by atoms with Crippen molar-refractivity contribution in [3.05, 3.63) is 0 Å². The summed E-state index contributed by atoms with van der Waals surface area (Å²) in [5, 5.41) is 33.8. The van der Waals surface area contributed by atoms with E-state index < -0.39 is 36.4 Å². The number of rotatable bonds is 17. The Hall–Kier alpha value is -1.67. The van der Waals surface area contributed by atoms with E-state index in [-0.39, 0.29) is 0 Å². The highest BCUT2D eigenvalue weighted by molar-refractivity contribution is 5.88. The van der Waals surface area contributed by atoms with Crippen LogP contribution in [0.4, 0.5) is 0 Å². The number of aliphatic hydroxyl groups is 1. The maximum absolute atomic E-state index is 10.3. The van der Waals surface area contributed by atoms with Crippen LogP contribution in [-0.4, -0.2) is 57.1 Å². The Morgan fingerprint density at radius 2 is 1.04 bits per heavy atom. The van der Waals surface area contributed by atoms with E-state index >= 15 is 0 Å². The quantitative estimate of drug-likeness (QED) is 0.268. The third-order valence-electron chi connectivity index (χ3n) is 4.07. The summed E-state index contributed by atoms with van der Waals surface area (Å²) in [5.41, 5.74) is -2.74. The molecule has 0 saturated heterocycles. The van der Waals surface area contributed by atoms with Crippen molar-refractivity contribution in [2.24, 2.45) is 0 Å². The lowest BCUT2D eigenvalue weighted by Crippen LogP contribution is -2.42. The van der Waals surface area contributed by atoms with Crippen LogP contribution in [0.1, 0.15) is 90.9 Å². The predicted octanol–water partition coefficient (Wildman–Crippen LogP) is 3.70. The van der Waals surface area contributed by atoms with Gasteiger partial charge >= 0.3 is 17.9 Å². The monoisotopic (exact) mass is 406 g/mol. The maximum atomic E-state index is 10.3. The lowest BCUT2D eigenvalue weighted by atomic mass is 9.96. The molecule has 0 saturated carbocycles. The Morgan fingerprint density at radius 3 is 1.32 bits per heavy atom. The first-order valence-electron chi connectivity index (χ1n) is 10.2. The molecule has 166 valence electrons. The molecule has 0 fully saturated rings. The van der Waals surface area contributed by atoms with E-state index in [9.17, 15) is 14.4 Å². The van der Waals surface area contributed by atoms with Crippen molar-refractivity contribution in [3.63, 3.8) is 0 Å². The lowest BCUT2D eigenvalue weighted by molar-refractivity contribution is -0.170. The zero-order valence-electron chi connectivity index (χ0n) is 17.3. The third-order valence-corrected chi connectivity index (χ3v) is 4.07. The molecule has 0 heterocycles. The fraction of sp³-hybridized carbons (Fsp3) is 0.850. The van der Waals surface area contributed by atoms with Gasteiger partial charge in [0, 0.05) is 13.2 Å². The first kappa shape index (κ1) is 28.5. The van der Waals surface area contributed by atoms with Gasteiger partial charge in [0.15, 0.2) is 5.60 Å².